The van der Waals surface area contributed by atoms with Gasteiger partial charge in [0.2, 0.25) is 0 Å². The molecule has 1 N–H and O–H groups in total. The zero-order valence-corrected chi connectivity index (χ0v) is 59.3. The van der Waals surface area contributed by atoms with Gasteiger partial charge in [-0.3, -0.25) is 0 Å². The van der Waals surface area contributed by atoms with Gasteiger partial charge in [0, 0.05) is 44.6 Å². The topological polar surface area (TPSA) is 20.2 Å². The highest BCUT2D eigenvalue weighted by Crippen LogP contribution is 2.64. The predicted molar refractivity (Wildman–Crippen MR) is 448 cm³/mol. The first-order valence-corrected chi connectivity index (χ1v) is 37.6. The Hall–Kier alpha value is -13.9. The third kappa shape index (κ3) is 9.22. The third-order valence-electron chi connectivity index (χ3n) is 23.6. The number of anilines is 5. The SMILES string of the molecule is c1ccc(-c2ccccc2N(c2ccc3c(c2)C(c2ccccc2)(c2ccccc2)c2ccccc2-3)c2ccc3c(c2)C2(c4ccccc4-3)c3ccccc3-n3c4ccccc4c4cccc2c43)cc1.c1ccc(-c2ccccc2Nc2ccc3c(c2)C(c2ccccc2)(c2ccccc2)c2ccccc2-3)cc1. The molecule has 0 radical (unpaired) electrons. The summed E-state index contributed by atoms with van der Waals surface area (Å²) in [6.45, 7) is 0. The number of benzene rings is 17. The molecule has 0 saturated carbocycles. The number of hydrogen-bond donors (Lipinski definition) is 1. The van der Waals surface area contributed by atoms with Crippen molar-refractivity contribution in [2.45, 2.75) is 16.2 Å². The summed E-state index contributed by atoms with van der Waals surface area (Å²) < 4.78 is 2.53. The molecular formula is C105H71N3. The van der Waals surface area contributed by atoms with Gasteiger partial charge in [-0.2, -0.15) is 0 Å². The summed E-state index contributed by atoms with van der Waals surface area (Å²) >= 11 is 0. The Morgan fingerprint density at radius 1 is 0.231 bits per heavy atom. The number of rotatable bonds is 11. The van der Waals surface area contributed by atoms with E-state index < -0.39 is 16.2 Å². The fourth-order valence-electron chi connectivity index (χ4n) is 19.4. The number of fused-ring (bicyclic) bond motifs is 18. The number of para-hydroxylation sites is 5. The van der Waals surface area contributed by atoms with E-state index in [-0.39, 0.29) is 0 Å². The highest BCUT2D eigenvalue weighted by atomic mass is 15.1. The summed E-state index contributed by atoms with van der Waals surface area (Å²) in [5.41, 5.74) is 35.6. The molecule has 0 fully saturated rings. The highest BCUT2D eigenvalue weighted by molar-refractivity contribution is 6.13. The number of nitrogens with one attached hydrogen (secondary N) is 1. The minimum absolute atomic E-state index is 0.398. The Labute approximate surface area is 629 Å². The lowest BCUT2D eigenvalue weighted by Gasteiger charge is -2.40. The van der Waals surface area contributed by atoms with E-state index in [1.807, 2.05) is 0 Å². The molecular weight excluding hydrogens is 1300 g/mol. The molecule has 1 aromatic heterocycles. The van der Waals surface area contributed by atoms with Crippen LogP contribution in [-0.2, 0) is 16.2 Å². The predicted octanol–water partition coefficient (Wildman–Crippen LogP) is 26.4. The first-order chi connectivity index (χ1) is 53.6. The van der Waals surface area contributed by atoms with Gasteiger partial charge < -0.3 is 14.8 Å². The quantitative estimate of drug-likeness (QED) is 0.139. The molecule has 17 aromatic carbocycles. The van der Waals surface area contributed by atoms with Crippen LogP contribution in [0.25, 0.3) is 83.1 Å². The Kier molecular flexibility index (Phi) is 14.6. The van der Waals surface area contributed by atoms with Crippen molar-refractivity contribution in [3.63, 3.8) is 0 Å². The lowest BCUT2D eigenvalue weighted by Crippen LogP contribution is -2.33. The van der Waals surface area contributed by atoms with Crippen LogP contribution in [0.3, 0.4) is 0 Å². The molecule has 3 nitrogen and oxygen atoms in total. The van der Waals surface area contributed by atoms with Crippen molar-refractivity contribution in [2.24, 2.45) is 0 Å². The van der Waals surface area contributed by atoms with Gasteiger partial charge in [-0.15, -0.1) is 0 Å². The van der Waals surface area contributed by atoms with Crippen LogP contribution in [0.15, 0.2) is 425 Å². The lowest BCUT2D eigenvalue weighted by atomic mass is 9.65. The Morgan fingerprint density at radius 3 is 1.15 bits per heavy atom. The maximum Gasteiger partial charge on any atom is 0.0755 e. The van der Waals surface area contributed by atoms with Gasteiger partial charge in [0.05, 0.1) is 38.7 Å². The molecule has 108 heavy (non-hydrogen) atoms. The highest BCUT2D eigenvalue weighted by Gasteiger charge is 2.52. The van der Waals surface area contributed by atoms with Gasteiger partial charge in [-0.05, 0) is 172 Å². The van der Waals surface area contributed by atoms with Crippen LogP contribution in [0.4, 0.5) is 28.4 Å². The van der Waals surface area contributed by atoms with Gasteiger partial charge in [0.1, 0.15) is 0 Å². The molecule has 1 atom stereocenters. The maximum atomic E-state index is 3.77. The molecule has 1 spiro atoms. The van der Waals surface area contributed by atoms with Crippen LogP contribution >= 0.6 is 0 Å². The molecule has 3 aliphatic carbocycles. The second-order valence-electron chi connectivity index (χ2n) is 28.9. The average molecular weight is 1370 g/mol. The van der Waals surface area contributed by atoms with E-state index in [0.29, 0.717) is 0 Å². The van der Waals surface area contributed by atoms with E-state index in [1.54, 1.807) is 0 Å². The molecule has 3 heteroatoms. The third-order valence-corrected chi connectivity index (χ3v) is 23.6. The van der Waals surface area contributed by atoms with Crippen molar-refractivity contribution in [3.8, 4) is 61.3 Å². The molecule has 2 heterocycles. The molecule has 1 aliphatic heterocycles. The summed E-state index contributed by atoms with van der Waals surface area (Å²) in [7, 11) is 0. The van der Waals surface area contributed by atoms with Crippen molar-refractivity contribution in [3.05, 3.63) is 491 Å². The summed E-state index contributed by atoms with van der Waals surface area (Å²) in [5, 5.41) is 6.32. The van der Waals surface area contributed by atoms with Crippen molar-refractivity contribution < 1.29 is 0 Å². The van der Waals surface area contributed by atoms with E-state index in [9.17, 15) is 0 Å². The Morgan fingerprint density at radius 2 is 0.602 bits per heavy atom. The molecule has 4 aliphatic rings. The second-order valence-corrected chi connectivity index (χ2v) is 28.9. The second kappa shape index (κ2) is 25.2. The fraction of sp³-hybridized carbons (Fsp3) is 0.0286. The maximum absolute atomic E-state index is 3.77. The van der Waals surface area contributed by atoms with E-state index in [4.69, 9.17) is 0 Å². The molecule has 0 saturated heterocycles. The molecule has 22 rings (SSSR count). The molecule has 1 unspecified atom stereocenters. The van der Waals surface area contributed by atoms with Crippen molar-refractivity contribution in [2.75, 3.05) is 10.2 Å². The summed E-state index contributed by atoms with van der Waals surface area (Å²) in [4.78, 5) is 2.54. The summed E-state index contributed by atoms with van der Waals surface area (Å²) in [6, 6.07) is 157. The van der Waals surface area contributed by atoms with Crippen LogP contribution in [-0.4, -0.2) is 4.57 Å². The largest absolute Gasteiger partial charge is 0.355 e. The molecule has 18 aromatic rings. The number of hydrogen-bond acceptors (Lipinski definition) is 2. The first kappa shape index (κ1) is 62.7. The standard InChI is InChI=1S/C68H44N2.C37H27N/c1-4-21-45(22-5-1)50-27-12-17-36-63(50)69(48-39-41-53-51-28-10-14-32-57(51)67(61(53)43-48,46-23-6-2-7-24-46)47-25-8-3-9-26-47)49-40-42-54-52-29-11-15-33-58(52)68(62(54)44-49)59-34-16-19-38-65(59)70-64-37-18-13-30-55(64)56-31-20-35-60(68)66(56)70;1-4-14-27(15-5-1)31-20-11-13-23-36(31)38-30-24-25-33-32-21-10-12-22-34(32)37(35(33)26-30,28-16-6-2-7-17-28)29-18-8-3-9-19-29/h1-44H;1-26,38H. The Bertz CT molecular complexity index is 6440. The first-order valence-electron chi connectivity index (χ1n) is 37.6. The molecule has 0 amide bonds. The number of aromatic nitrogens is 1. The van der Waals surface area contributed by atoms with E-state index in [0.717, 1.165) is 28.4 Å². The van der Waals surface area contributed by atoms with Gasteiger partial charge in [0.25, 0.3) is 0 Å². The summed E-state index contributed by atoms with van der Waals surface area (Å²) in [6.07, 6.45) is 0. The van der Waals surface area contributed by atoms with Crippen molar-refractivity contribution in [1.29, 1.82) is 0 Å². The van der Waals surface area contributed by atoms with Crippen LogP contribution in [0.5, 0.6) is 0 Å². The monoisotopic (exact) mass is 1370 g/mol. The van der Waals surface area contributed by atoms with Gasteiger partial charge >= 0.3 is 0 Å². The zero-order chi connectivity index (χ0) is 71.3. The summed E-state index contributed by atoms with van der Waals surface area (Å²) in [5.74, 6) is 0. The normalized spacial score (nSPS) is 14.5. The van der Waals surface area contributed by atoms with E-state index in [2.05, 4.69) is 439 Å². The lowest BCUT2D eigenvalue weighted by molar-refractivity contribution is 0.748. The minimum Gasteiger partial charge on any atom is -0.355 e. The van der Waals surface area contributed by atoms with Gasteiger partial charge in [-0.25, -0.2) is 0 Å². The van der Waals surface area contributed by atoms with Crippen molar-refractivity contribution >= 4 is 50.2 Å². The van der Waals surface area contributed by atoms with Crippen LogP contribution in [0.2, 0.25) is 0 Å². The number of nitrogens with zero attached hydrogens (tertiary/aromatic N) is 2. The average Bonchev–Trinajstić information content (AvgIpc) is 1.48. The van der Waals surface area contributed by atoms with Crippen molar-refractivity contribution in [1.82, 2.24) is 4.57 Å². The van der Waals surface area contributed by atoms with Crippen LogP contribution in [0.1, 0.15) is 66.8 Å². The van der Waals surface area contributed by atoms with Gasteiger partial charge in [0.15, 0.2) is 0 Å². The van der Waals surface area contributed by atoms with Crippen LogP contribution < -0.4 is 10.2 Å². The Balaban J connectivity index is 0.000000165. The fourth-order valence-corrected chi connectivity index (χ4v) is 19.4. The molecule has 0 bridgehead atoms. The van der Waals surface area contributed by atoms with E-state index >= 15 is 0 Å². The smallest absolute Gasteiger partial charge is 0.0755 e. The van der Waals surface area contributed by atoms with Gasteiger partial charge in [-0.1, -0.05) is 364 Å². The minimum atomic E-state index is -0.595. The molecule has 506 valence electrons. The van der Waals surface area contributed by atoms with E-state index in [1.165, 1.54) is 150 Å². The zero-order valence-electron chi connectivity index (χ0n) is 59.3. The van der Waals surface area contributed by atoms with Crippen LogP contribution in [0, 0.1) is 0 Å².